The van der Waals surface area contributed by atoms with Gasteiger partial charge in [-0.2, -0.15) is 0 Å². The van der Waals surface area contributed by atoms with Crippen LogP contribution in [0.3, 0.4) is 0 Å². The zero-order valence-electron chi connectivity index (χ0n) is 13.5. The molecular weight excluding hydrogens is 320 g/mol. The first-order chi connectivity index (χ1) is 10.0. The van der Waals surface area contributed by atoms with Crippen molar-refractivity contribution in [3.8, 4) is 0 Å². The minimum Gasteiger partial charge on any atom is -0.343 e. The van der Waals surface area contributed by atoms with Crippen LogP contribution in [0.4, 0.5) is 0 Å². The summed E-state index contributed by atoms with van der Waals surface area (Å²) in [7, 11) is 1.96. The average molecular weight is 345 g/mol. The molecule has 0 radical (unpaired) electrons. The van der Waals surface area contributed by atoms with Crippen LogP contribution in [0, 0.1) is 13.8 Å². The van der Waals surface area contributed by atoms with Crippen molar-refractivity contribution in [2.24, 2.45) is 0 Å². The van der Waals surface area contributed by atoms with Crippen molar-refractivity contribution in [2.75, 3.05) is 20.1 Å². The summed E-state index contributed by atoms with van der Waals surface area (Å²) in [6, 6.07) is 2.46. The molecule has 4 nitrogen and oxygen atoms in total. The van der Waals surface area contributed by atoms with Crippen LogP contribution in [0.1, 0.15) is 45.8 Å². The average Bonchev–Trinajstić information content (AvgIpc) is 2.83. The fourth-order valence-electron chi connectivity index (χ4n) is 2.84. The van der Waals surface area contributed by atoms with Crippen LogP contribution in [0.15, 0.2) is 6.07 Å². The van der Waals surface area contributed by atoms with E-state index in [1.165, 1.54) is 0 Å². The fraction of sp³-hybridized carbons (Fsp3) is 0.625. The smallest absolute Gasteiger partial charge is 0.223 e. The quantitative estimate of drug-likeness (QED) is 0.835. The Morgan fingerprint density at radius 2 is 1.91 bits per heavy atom. The third-order valence-electron chi connectivity index (χ3n) is 4.16. The maximum Gasteiger partial charge on any atom is 0.223 e. The van der Waals surface area contributed by atoms with Crippen LogP contribution >= 0.6 is 23.7 Å². The Labute approximate surface area is 142 Å². The first-order valence-corrected chi connectivity index (χ1v) is 8.38. The standard InChI is InChI=1S/C16H24N2O2S.ClH/c1-11-10-14(12(2)21-11)15(19)4-5-16(20)18-8-6-13(17-3)7-9-18;/h10,13,17H,4-9H2,1-3H3;1H. The van der Waals surface area contributed by atoms with Gasteiger partial charge < -0.3 is 10.2 Å². The molecular formula is C16H25ClN2O2S. The molecule has 1 aliphatic heterocycles. The second kappa shape index (κ2) is 8.65. The molecule has 0 atom stereocenters. The number of nitrogens with zero attached hydrogens (tertiary/aromatic N) is 1. The van der Waals surface area contributed by atoms with Gasteiger partial charge in [-0.15, -0.1) is 23.7 Å². The number of carbonyl (C=O) groups is 2. The molecule has 1 aromatic rings. The molecule has 0 spiro atoms. The van der Waals surface area contributed by atoms with Gasteiger partial charge in [0.05, 0.1) is 0 Å². The van der Waals surface area contributed by atoms with E-state index >= 15 is 0 Å². The highest BCUT2D eigenvalue weighted by molar-refractivity contribution is 7.12. The van der Waals surface area contributed by atoms with Crippen LogP contribution < -0.4 is 5.32 Å². The topological polar surface area (TPSA) is 49.4 Å². The minimum atomic E-state index is 0. The van der Waals surface area contributed by atoms with Gasteiger partial charge in [-0.25, -0.2) is 0 Å². The number of thiophene rings is 1. The van der Waals surface area contributed by atoms with E-state index in [2.05, 4.69) is 5.32 Å². The molecule has 1 aromatic heterocycles. The van der Waals surface area contributed by atoms with E-state index in [1.54, 1.807) is 11.3 Å². The first kappa shape index (κ1) is 19.1. The molecule has 6 heteroatoms. The summed E-state index contributed by atoms with van der Waals surface area (Å²) in [4.78, 5) is 28.5. The minimum absolute atomic E-state index is 0. The Bertz CT molecular complexity index is 522. The van der Waals surface area contributed by atoms with Gasteiger partial charge >= 0.3 is 0 Å². The monoisotopic (exact) mass is 344 g/mol. The summed E-state index contributed by atoms with van der Waals surface area (Å²) < 4.78 is 0. The Morgan fingerprint density at radius 1 is 1.27 bits per heavy atom. The van der Waals surface area contributed by atoms with Crippen LogP contribution in [0.2, 0.25) is 0 Å². The number of rotatable bonds is 5. The Kier molecular flexibility index (Phi) is 7.53. The zero-order valence-corrected chi connectivity index (χ0v) is 15.1. The highest BCUT2D eigenvalue weighted by Gasteiger charge is 2.22. The number of nitrogens with one attached hydrogen (secondary N) is 1. The highest BCUT2D eigenvalue weighted by atomic mass is 35.5. The van der Waals surface area contributed by atoms with E-state index in [0.29, 0.717) is 18.9 Å². The summed E-state index contributed by atoms with van der Waals surface area (Å²) >= 11 is 1.64. The van der Waals surface area contributed by atoms with Gasteiger partial charge in [-0.3, -0.25) is 9.59 Å². The van der Waals surface area contributed by atoms with Crippen molar-refractivity contribution in [3.63, 3.8) is 0 Å². The largest absolute Gasteiger partial charge is 0.343 e. The van der Waals surface area contributed by atoms with E-state index in [1.807, 2.05) is 31.9 Å². The third-order valence-corrected chi connectivity index (χ3v) is 5.13. The Hall–Kier alpha value is -0.910. The van der Waals surface area contributed by atoms with Crippen molar-refractivity contribution < 1.29 is 9.59 Å². The Balaban J connectivity index is 0.00000242. The van der Waals surface area contributed by atoms with Gasteiger partial charge in [-0.1, -0.05) is 0 Å². The third kappa shape index (κ3) is 4.80. The van der Waals surface area contributed by atoms with Crippen molar-refractivity contribution in [2.45, 2.75) is 45.6 Å². The van der Waals surface area contributed by atoms with E-state index in [4.69, 9.17) is 0 Å². The molecule has 1 aliphatic rings. The normalized spacial score (nSPS) is 15.5. The lowest BCUT2D eigenvalue weighted by atomic mass is 10.0. The number of ketones is 1. The van der Waals surface area contributed by atoms with Crippen LogP contribution in [0.25, 0.3) is 0 Å². The van der Waals surface area contributed by atoms with Crippen LogP contribution in [-0.2, 0) is 4.79 Å². The summed E-state index contributed by atoms with van der Waals surface area (Å²) in [6.45, 7) is 5.57. The van der Waals surface area contributed by atoms with E-state index in [9.17, 15) is 9.59 Å². The van der Waals surface area contributed by atoms with Gasteiger partial charge in [0.1, 0.15) is 0 Å². The van der Waals surface area contributed by atoms with Gasteiger partial charge in [0, 0.05) is 47.3 Å². The summed E-state index contributed by atoms with van der Waals surface area (Å²) in [5, 5.41) is 3.25. The Morgan fingerprint density at radius 3 is 2.41 bits per heavy atom. The van der Waals surface area contributed by atoms with E-state index in [0.717, 1.165) is 41.2 Å². The van der Waals surface area contributed by atoms with E-state index in [-0.39, 0.29) is 24.1 Å². The predicted octanol–water partition coefficient (Wildman–Crippen LogP) is 2.96. The number of Topliss-reactive ketones (excluding diaryl/α,β-unsaturated/α-hetero) is 1. The molecule has 0 saturated carbocycles. The summed E-state index contributed by atoms with van der Waals surface area (Å²) in [5.41, 5.74) is 0.791. The molecule has 124 valence electrons. The molecule has 1 amide bonds. The fourth-order valence-corrected chi connectivity index (χ4v) is 3.78. The lowest BCUT2D eigenvalue weighted by molar-refractivity contribution is -0.132. The number of aryl methyl sites for hydroxylation is 2. The maximum absolute atomic E-state index is 12.2. The van der Waals surface area contributed by atoms with E-state index < -0.39 is 0 Å². The van der Waals surface area contributed by atoms with Crippen molar-refractivity contribution in [3.05, 3.63) is 21.4 Å². The van der Waals surface area contributed by atoms with Gasteiger partial charge in [0.25, 0.3) is 0 Å². The number of halogens is 1. The van der Waals surface area contributed by atoms with Crippen LogP contribution in [-0.4, -0.2) is 42.8 Å². The van der Waals surface area contributed by atoms with Crippen molar-refractivity contribution >= 4 is 35.4 Å². The lowest BCUT2D eigenvalue weighted by Crippen LogP contribution is -2.44. The molecule has 0 aromatic carbocycles. The second-order valence-corrected chi connectivity index (χ2v) is 7.15. The SMILES string of the molecule is CNC1CCN(C(=O)CCC(=O)c2cc(C)sc2C)CC1.Cl. The molecule has 1 fully saturated rings. The van der Waals surface area contributed by atoms with Crippen molar-refractivity contribution in [1.29, 1.82) is 0 Å². The number of carbonyl (C=O) groups excluding carboxylic acids is 2. The number of hydrogen-bond donors (Lipinski definition) is 1. The molecule has 22 heavy (non-hydrogen) atoms. The second-order valence-electron chi connectivity index (χ2n) is 5.69. The van der Waals surface area contributed by atoms with Gasteiger partial charge in [0.15, 0.2) is 5.78 Å². The molecule has 0 aliphatic carbocycles. The number of hydrogen-bond acceptors (Lipinski definition) is 4. The maximum atomic E-state index is 12.2. The summed E-state index contributed by atoms with van der Waals surface area (Å²) in [5.74, 6) is 0.206. The van der Waals surface area contributed by atoms with Crippen molar-refractivity contribution in [1.82, 2.24) is 10.2 Å². The first-order valence-electron chi connectivity index (χ1n) is 7.56. The predicted molar refractivity (Wildman–Crippen MR) is 93.3 cm³/mol. The molecule has 0 bridgehead atoms. The summed E-state index contributed by atoms with van der Waals surface area (Å²) in [6.07, 6.45) is 2.65. The molecule has 0 unspecified atom stereocenters. The molecule has 2 heterocycles. The van der Waals surface area contributed by atoms with Crippen LogP contribution in [0.5, 0.6) is 0 Å². The molecule has 1 N–H and O–H groups in total. The molecule has 2 rings (SSSR count). The number of amides is 1. The number of piperidine rings is 1. The molecule has 1 saturated heterocycles. The number of likely N-dealkylation sites (tertiary alicyclic amines) is 1. The van der Waals surface area contributed by atoms with Gasteiger partial charge in [-0.05, 0) is 39.8 Å². The lowest BCUT2D eigenvalue weighted by Gasteiger charge is -2.31. The van der Waals surface area contributed by atoms with Gasteiger partial charge in [0.2, 0.25) is 5.91 Å². The zero-order chi connectivity index (χ0) is 15.4. The highest BCUT2D eigenvalue weighted by Crippen LogP contribution is 2.22.